The molecule has 1 fully saturated rings. The highest BCUT2D eigenvalue weighted by atomic mass is 32.2. The summed E-state index contributed by atoms with van der Waals surface area (Å²) in [5.41, 5.74) is 0.877. The van der Waals surface area contributed by atoms with Crippen LogP contribution in [0.3, 0.4) is 0 Å². The van der Waals surface area contributed by atoms with Gasteiger partial charge in [0.15, 0.2) is 9.84 Å². The van der Waals surface area contributed by atoms with E-state index in [1.54, 1.807) is 12.1 Å². The number of rotatable bonds is 5. The molecule has 1 aromatic carbocycles. The number of fused-ring (bicyclic) bond motifs is 1. The van der Waals surface area contributed by atoms with Gasteiger partial charge in [0.25, 0.3) is 0 Å². The number of sulfone groups is 1. The summed E-state index contributed by atoms with van der Waals surface area (Å²) in [6.07, 6.45) is 0.333. The van der Waals surface area contributed by atoms with Crippen LogP contribution in [0.15, 0.2) is 23.1 Å². The third kappa shape index (κ3) is 3.32. The average Bonchev–Trinajstić information content (AvgIpc) is 3.09. The number of nitrogens with zero attached hydrogens (tertiary/aromatic N) is 3. The third-order valence-corrected chi connectivity index (χ3v) is 8.24. The van der Waals surface area contributed by atoms with Gasteiger partial charge >= 0.3 is 0 Å². The Hall–Kier alpha value is -1.10. The first-order chi connectivity index (χ1) is 11.2. The van der Waals surface area contributed by atoms with Crippen LogP contribution in [0.4, 0.5) is 0 Å². The van der Waals surface area contributed by atoms with Crippen molar-refractivity contribution in [3.05, 3.63) is 18.2 Å². The maximum atomic E-state index is 13.2. The van der Waals surface area contributed by atoms with Gasteiger partial charge in [0.2, 0.25) is 10.0 Å². The first kappa shape index (κ1) is 17.7. The van der Waals surface area contributed by atoms with Crippen LogP contribution >= 0.6 is 11.7 Å². The molecule has 1 aromatic heterocycles. The second-order valence-corrected chi connectivity index (χ2v) is 11.0. The van der Waals surface area contributed by atoms with E-state index in [4.69, 9.17) is 0 Å². The summed E-state index contributed by atoms with van der Waals surface area (Å²) in [4.78, 5) is 0.0960. The lowest BCUT2D eigenvalue weighted by Crippen LogP contribution is -2.43. The van der Waals surface area contributed by atoms with Crippen LogP contribution in [0.1, 0.15) is 20.3 Å². The highest BCUT2D eigenvalue weighted by molar-refractivity contribution is 7.92. The number of benzene rings is 1. The van der Waals surface area contributed by atoms with E-state index in [9.17, 15) is 16.8 Å². The van der Waals surface area contributed by atoms with Crippen LogP contribution in [0.25, 0.3) is 11.0 Å². The van der Waals surface area contributed by atoms with Crippen LogP contribution in [0.2, 0.25) is 0 Å². The van der Waals surface area contributed by atoms with Gasteiger partial charge in [-0.3, -0.25) is 0 Å². The van der Waals surface area contributed by atoms with Crippen molar-refractivity contribution in [1.29, 1.82) is 0 Å². The Balaban J connectivity index is 2.07. The zero-order chi connectivity index (χ0) is 17.5. The van der Waals surface area contributed by atoms with Gasteiger partial charge in [-0.1, -0.05) is 19.9 Å². The van der Waals surface area contributed by atoms with Crippen molar-refractivity contribution in [1.82, 2.24) is 13.1 Å². The Morgan fingerprint density at radius 3 is 2.71 bits per heavy atom. The van der Waals surface area contributed by atoms with E-state index >= 15 is 0 Å². The van der Waals surface area contributed by atoms with Crippen LogP contribution < -0.4 is 0 Å². The summed E-state index contributed by atoms with van der Waals surface area (Å²) in [6, 6.07) is 4.33. The highest BCUT2D eigenvalue weighted by Crippen LogP contribution is 2.29. The van der Waals surface area contributed by atoms with Crippen molar-refractivity contribution in [2.75, 3.05) is 18.1 Å². The lowest BCUT2D eigenvalue weighted by atomic mass is 10.2. The van der Waals surface area contributed by atoms with Crippen LogP contribution in [0.5, 0.6) is 0 Å². The van der Waals surface area contributed by atoms with Gasteiger partial charge in [0.1, 0.15) is 15.9 Å². The maximum Gasteiger partial charge on any atom is 0.245 e. The molecule has 0 saturated carbocycles. The second kappa shape index (κ2) is 6.32. The number of sulfonamides is 1. The van der Waals surface area contributed by atoms with Gasteiger partial charge in [0, 0.05) is 12.6 Å². The van der Waals surface area contributed by atoms with Crippen molar-refractivity contribution in [2.24, 2.45) is 5.92 Å². The van der Waals surface area contributed by atoms with E-state index in [1.807, 2.05) is 13.8 Å². The molecule has 2 aromatic rings. The van der Waals surface area contributed by atoms with E-state index in [0.29, 0.717) is 17.5 Å². The Kier molecular flexibility index (Phi) is 4.67. The van der Waals surface area contributed by atoms with E-state index in [0.717, 1.165) is 11.7 Å². The number of hydrogen-bond acceptors (Lipinski definition) is 7. The summed E-state index contributed by atoms with van der Waals surface area (Å²) in [7, 11) is -7.04. The molecule has 0 bridgehead atoms. The molecule has 0 radical (unpaired) electrons. The van der Waals surface area contributed by atoms with E-state index in [2.05, 4.69) is 8.75 Å². The molecule has 7 nitrogen and oxygen atoms in total. The lowest BCUT2D eigenvalue weighted by molar-refractivity contribution is 0.308. The summed E-state index contributed by atoms with van der Waals surface area (Å²) in [6.45, 7) is 4.10. The molecule has 0 spiro atoms. The zero-order valence-electron chi connectivity index (χ0n) is 13.4. The van der Waals surface area contributed by atoms with E-state index in [-0.39, 0.29) is 28.9 Å². The molecule has 0 N–H and O–H groups in total. The standard InChI is InChI=1S/C14H19N3O4S3/c1-10(2)8-17(11-6-7-23(18,19)9-11)24(20,21)13-5-3-4-12-14(13)16-22-15-12/h3-5,10-11H,6-9H2,1-2H3. The molecule has 24 heavy (non-hydrogen) atoms. The first-order valence-corrected chi connectivity index (χ1v) is 11.6. The Morgan fingerprint density at radius 2 is 2.08 bits per heavy atom. The molecular weight excluding hydrogens is 370 g/mol. The topological polar surface area (TPSA) is 97.3 Å². The molecule has 132 valence electrons. The fourth-order valence-corrected chi connectivity index (χ4v) is 7.32. The molecule has 1 aliphatic heterocycles. The monoisotopic (exact) mass is 389 g/mol. The van der Waals surface area contributed by atoms with Gasteiger partial charge in [-0.15, -0.1) is 0 Å². The summed E-state index contributed by atoms with van der Waals surface area (Å²) < 4.78 is 59.7. The van der Waals surface area contributed by atoms with Gasteiger partial charge in [-0.25, -0.2) is 16.8 Å². The predicted molar refractivity (Wildman–Crippen MR) is 93.2 cm³/mol. The molecule has 10 heteroatoms. The van der Waals surface area contributed by atoms with Gasteiger partial charge in [0.05, 0.1) is 23.2 Å². The molecule has 1 atom stereocenters. The molecule has 2 heterocycles. The minimum Gasteiger partial charge on any atom is -0.229 e. The minimum absolute atomic E-state index is 0.0320. The predicted octanol–water partition coefficient (Wildman–Crippen LogP) is 1.53. The number of hydrogen-bond donors (Lipinski definition) is 0. The van der Waals surface area contributed by atoms with Gasteiger partial charge in [-0.05, 0) is 24.5 Å². The van der Waals surface area contributed by atoms with Crippen molar-refractivity contribution < 1.29 is 16.8 Å². The van der Waals surface area contributed by atoms with E-state index < -0.39 is 25.9 Å². The molecule has 1 saturated heterocycles. The fourth-order valence-electron chi connectivity index (χ4n) is 2.92. The van der Waals surface area contributed by atoms with Crippen molar-refractivity contribution in [3.8, 4) is 0 Å². The second-order valence-electron chi connectivity index (χ2n) is 6.41. The van der Waals surface area contributed by atoms with Crippen molar-refractivity contribution in [2.45, 2.75) is 31.2 Å². The number of aromatic nitrogens is 2. The molecule has 0 aliphatic carbocycles. The van der Waals surface area contributed by atoms with Crippen molar-refractivity contribution in [3.63, 3.8) is 0 Å². The minimum atomic E-state index is -3.85. The van der Waals surface area contributed by atoms with Gasteiger partial charge < -0.3 is 0 Å². The molecule has 1 unspecified atom stereocenters. The maximum absolute atomic E-state index is 13.2. The quantitative estimate of drug-likeness (QED) is 0.769. The highest BCUT2D eigenvalue weighted by Gasteiger charge is 2.39. The fraction of sp³-hybridized carbons (Fsp3) is 0.571. The van der Waals surface area contributed by atoms with Gasteiger partial charge in [-0.2, -0.15) is 13.1 Å². The zero-order valence-corrected chi connectivity index (χ0v) is 15.9. The van der Waals surface area contributed by atoms with Crippen molar-refractivity contribution >= 4 is 42.6 Å². The Bertz CT molecular complexity index is 951. The normalized spacial score (nSPS) is 21.1. The molecule has 0 amide bonds. The summed E-state index contributed by atoms with van der Waals surface area (Å²) in [5.74, 6) is -0.00933. The van der Waals surface area contributed by atoms with E-state index in [1.165, 1.54) is 10.4 Å². The summed E-state index contributed by atoms with van der Waals surface area (Å²) >= 11 is 0.962. The average molecular weight is 390 g/mol. The Morgan fingerprint density at radius 1 is 1.33 bits per heavy atom. The van der Waals surface area contributed by atoms with Crippen LogP contribution in [0, 0.1) is 5.92 Å². The Labute approximate surface area is 146 Å². The van der Waals surface area contributed by atoms with Crippen LogP contribution in [-0.2, 0) is 19.9 Å². The summed E-state index contributed by atoms with van der Waals surface area (Å²) in [5, 5.41) is 0. The smallest absolute Gasteiger partial charge is 0.229 e. The first-order valence-electron chi connectivity index (χ1n) is 7.64. The molecule has 3 rings (SSSR count). The molecule has 1 aliphatic rings. The molecular formula is C14H19N3O4S3. The largest absolute Gasteiger partial charge is 0.245 e. The lowest BCUT2D eigenvalue weighted by Gasteiger charge is -2.28. The van der Waals surface area contributed by atoms with Crippen LogP contribution in [-0.4, -0.2) is 54.0 Å². The SMILES string of the molecule is CC(C)CN(C1CCS(=O)(=O)C1)S(=O)(=O)c1cccc2nsnc12. The third-order valence-electron chi connectivity index (χ3n) is 4.00.